The van der Waals surface area contributed by atoms with Gasteiger partial charge in [-0.25, -0.2) is 0 Å². The van der Waals surface area contributed by atoms with E-state index in [1.807, 2.05) is 0 Å². The van der Waals surface area contributed by atoms with Crippen molar-refractivity contribution in [2.45, 2.75) is 38.3 Å². The molecule has 1 N–H and O–H groups in total. The van der Waals surface area contributed by atoms with Crippen molar-refractivity contribution in [3.05, 3.63) is 11.7 Å². The van der Waals surface area contributed by atoms with E-state index in [1.54, 1.807) is 7.11 Å². The SMILES string of the molecule is CCCc1noc(C2CC(OC)CN2)n1. The Morgan fingerprint density at radius 3 is 3.13 bits per heavy atom. The Bertz CT molecular complexity index is 313. The highest BCUT2D eigenvalue weighted by molar-refractivity contribution is 4.97. The summed E-state index contributed by atoms with van der Waals surface area (Å²) in [7, 11) is 1.73. The summed E-state index contributed by atoms with van der Waals surface area (Å²) in [4.78, 5) is 4.35. The summed E-state index contributed by atoms with van der Waals surface area (Å²) in [6, 6.07) is 0.160. The molecule has 0 spiro atoms. The van der Waals surface area contributed by atoms with Gasteiger partial charge in [-0.3, -0.25) is 0 Å². The average Bonchev–Trinajstić information content (AvgIpc) is 2.85. The Balaban J connectivity index is 1.97. The van der Waals surface area contributed by atoms with E-state index in [4.69, 9.17) is 9.26 Å². The zero-order chi connectivity index (χ0) is 10.7. The predicted molar refractivity (Wildman–Crippen MR) is 54.5 cm³/mol. The van der Waals surface area contributed by atoms with Crippen LogP contribution in [-0.4, -0.2) is 29.9 Å². The van der Waals surface area contributed by atoms with E-state index >= 15 is 0 Å². The number of nitrogens with one attached hydrogen (secondary N) is 1. The lowest BCUT2D eigenvalue weighted by Gasteiger charge is -2.04. The number of aromatic nitrogens is 2. The van der Waals surface area contributed by atoms with Crippen molar-refractivity contribution >= 4 is 0 Å². The number of nitrogens with zero attached hydrogens (tertiary/aromatic N) is 2. The van der Waals surface area contributed by atoms with E-state index in [9.17, 15) is 0 Å². The molecule has 2 atom stereocenters. The van der Waals surface area contributed by atoms with E-state index in [0.29, 0.717) is 5.89 Å². The minimum atomic E-state index is 0.160. The molecule has 5 nitrogen and oxygen atoms in total. The molecule has 1 aromatic heterocycles. The summed E-state index contributed by atoms with van der Waals surface area (Å²) in [5, 5.41) is 7.24. The van der Waals surface area contributed by atoms with Crippen molar-refractivity contribution in [2.24, 2.45) is 0 Å². The Labute approximate surface area is 89.2 Å². The smallest absolute Gasteiger partial charge is 0.243 e. The van der Waals surface area contributed by atoms with Gasteiger partial charge in [-0.15, -0.1) is 0 Å². The summed E-state index contributed by atoms with van der Waals surface area (Å²) in [5.74, 6) is 1.49. The third-order valence-corrected chi connectivity index (χ3v) is 2.68. The highest BCUT2D eigenvalue weighted by Gasteiger charge is 2.29. The Morgan fingerprint density at radius 2 is 2.47 bits per heavy atom. The molecule has 1 fully saturated rings. The first-order chi connectivity index (χ1) is 7.33. The van der Waals surface area contributed by atoms with Crippen LogP contribution < -0.4 is 5.32 Å². The molecule has 0 bridgehead atoms. The topological polar surface area (TPSA) is 60.2 Å². The van der Waals surface area contributed by atoms with Gasteiger partial charge >= 0.3 is 0 Å². The molecule has 1 aliphatic heterocycles. The molecule has 0 radical (unpaired) electrons. The third-order valence-electron chi connectivity index (χ3n) is 2.68. The fourth-order valence-electron chi connectivity index (χ4n) is 1.81. The zero-order valence-electron chi connectivity index (χ0n) is 9.19. The number of hydrogen-bond acceptors (Lipinski definition) is 5. The van der Waals surface area contributed by atoms with Gasteiger partial charge in [0.05, 0.1) is 12.1 Å². The number of methoxy groups -OCH3 is 1. The summed E-state index contributed by atoms with van der Waals surface area (Å²) in [6.07, 6.45) is 3.09. The average molecular weight is 211 g/mol. The molecule has 2 unspecified atom stereocenters. The van der Waals surface area contributed by atoms with Crippen molar-refractivity contribution in [2.75, 3.05) is 13.7 Å². The highest BCUT2D eigenvalue weighted by atomic mass is 16.5. The van der Waals surface area contributed by atoms with E-state index in [0.717, 1.165) is 31.6 Å². The van der Waals surface area contributed by atoms with Gasteiger partial charge < -0.3 is 14.6 Å². The van der Waals surface area contributed by atoms with Gasteiger partial charge in [0.1, 0.15) is 0 Å². The van der Waals surface area contributed by atoms with Crippen LogP contribution in [0.5, 0.6) is 0 Å². The van der Waals surface area contributed by atoms with Crippen LogP contribution in [0, 0.1) is 0 Å². The molecular formula is C10H17N3O2. The lowest BCUT2D eigenvalue weighted by molar-refractivity contribution is 0.116. The molecular weight excluding hydrogens is 194 g/mol. The van der Waals surface area contributed by atoms with Crippen LogP contribution in [0.15, 0.2) is 4.52 Å². The molecule has 0 aromatic carbocycles. The molecule has 0 aliphatic carbocycles. The maximum atomic E-state index is 5.26. The minimum Gasteiger partial charge on any atom is -0.380 e. The van der Waals surface area contributed by atoms with Gasteiger partial charge in [-0.1, -0.05) is 12.1 Å². The lowest BCUT2D eigenvalue weighted by Crippen LogP contribution is -2.16. The summed E-state index contributed by atoms with van der Waals surface area (Å²) in [6.45, 7) is 2.96. The third kappa shape index (κ3) is 2.35. The molecule has 1 saturated heterocycles. The molecule has 5 heteroatoms. The minimum absolute atomic E-state index is 0.160. The zero-order valence-corrected chi connectivity index (χ0v) is 9.19. The largest absolute Gasteiger partial charge is 0.380 e. The Kier molecular flexibility index (Phi) is 3.33. The molecule has 1 aromatic rings. The van der Waals surface area contributed by atoms with Crippen LogP contribution in [0.2, 0.25) is 0 Å². The van der Waals surface area contributed by atoms with Crippen LogP contribution in [-0.2, 0) is 11.2 Å². The van der Waals surface area contributed by atoms with Crippen molar-refractivity contribution < 1.29 is 9.26 Å². The molecule has 2 heterocycles. The molecule has 2 rings (SSSR count). The standard InChI is InChI=1S/C10H17N3O2/c1-3-4-9-12-10(15-13-9)8-5-7(14-2)6-11-8/h7-8,11H,3-6H2,1-2H3. The number of hydrogen-bond donors (Lipinski definition) is 1. The lowest BCUT2D eigenvalue weighted by atomic mass is 10.2. The second kappa shape index (κ2) is 4.72. The van der Waals surface area contributed by atoms with Gasteiger partial charge in [0.15, 0.2) is 5.82 Å². The first-order valence-electron chi connectivity index (χ1n) is 5.42. The van der Waals surface area contributed by atoms with Crippen molar-refractivity contribution in [1.82, 2.24) is 15.5 Å². The van der Waals surface area contributed by atoms with Gasteiger partial charge in [0.2, 0.25) is 5.89 Å². The molecule has 0 amide bonds. The second-order valence-electron chi connectivity index (χ2n) is 3.85. The number of ether oxygens (including phenoxy) is 1. The van der Waals surface area contributed by atoms with Gasteiger partial charge in [0, 0.05) is 20.1 Å². The Morgan fingerprint density at radius 1 is 1.60 bits per heavy atom. The summed E-state index contributed by atoms with van der Waals surface area (Å²) in [5.41, 5.74) is 0. The van der Waals surface area contributed by atoms with Crippen molar-refractivity contribution in [3.8, 4) is 0 Å². The van der Waals surface area contributed by atoms with E-state index < -0.39 is 0 Å². The Hall–Kier alpha value is -0.940. The monoisotopic (exact) mass is 211 g/mol. The molecule has 15 heavy (non-hydrogen) atoms. The second-order valence-corrected chi connectivity index (χ2v) is 3.85. The van der Waals surface area contributed by atoms with E-state index in [2.05, 4.69) is 22.4 Å². The van der Waals surface area contributed by atoms with Crippen LogP contribution >= 0.6 is 0 Å². The fourth-order valence-corrected chi connectivity index (χ4v) is 1.81. The number of aryl methyl sites for hydroxylation is 1. The fraction of sp³-hybridized carbons (Fsp3) is 0.800. The summed E-state index contributed by atoms with van der Waals surface area (Å²) < 4.78 is 10.5. The molecule has 0 saturated carbocycles. The maximum absolute atomic E-state index is 5.26. The van der Waals surface area contributed by atoms with Crippen LogP contribution in [0.1, 0.15) is 37.5 Å². The molecule has 84 valence electrons. The van der Waals surface area contributed by atoms with Crippen LogP contribution in [0.25, 0.3) is 0 Å². The molecule has 1 aliphatic rings. The van der Waals surface area contributed by atoms with Gasteiger partial charge in [-0.2, -0.15) is 4.98 Å². The highest BCUT2D eigenvalue weighted by Crippen LogP contribution is 2.23. The van der Waals surface area contributed by atoms with Crippen molar-refractivity contribution in [1.29, 1.82) is 0 Å². The van der Waals surface area contributed by atoms with Gasteiger partial charge in [0.25, 0.3) is 0 Å². The predicted octanol–water partition coefficient (Wildman–Crippen LogP) is 1.07. The van der Waals surface area contributed by atoms with E-state index in [1.165, 1.54) is 0 Å². The van der Waals surface area contributed by atoms with Crippen LogP contribution in [0.3, 0.4) is 0 Å². The first-order valence-corrected chi connectivity index (χ1v) is 5.42. The van der Waals surface area contributed by atoms with Crippen LogP contribution in [0.4, 0.5) is 0 Å². The summed E-state index contributed by atoms with van der Waals surface area (Å²) >= 11 is 0. The normalized spacial score (nSPS) is 26.0. The van der Waals surface area contributed by atoms with E-state index in [-0.39, 0.29) is 12.1 Å². The number of rotatable bonds is 4. The quantitative estimate of drug-likeness (QED) is 0.807. The maximum Gasteiger partial charge on any atom is 0.243 e. The van der Waals surface area contributed by atoms with Crippen molar-refractivity contribution in [3.63, 3.8) is 0 Å². The first kappa shape index (κ1) is 10.6. The van der Waals surface area contributed by atoms with Gasteiger partial charge in [-0.05, 0) is 12.8 Å².